The molecule has 2 saturated heterocycles. The van der Waals surface area contributed by atoms with Crippen LogP contribution in [0.1, 0.15) is 24.1 Å². The van der Waals surface area contributed by atoms with Crippen LogP contribution in [0.5, 0.6) is 0 Å². The number of nitrogen functional groups attached to an aromatic ring is 1. The van der Waals surface area contributed by atoms with E-state index in [1.54, 1.807) is 11.3 Å². The molecule has 1 unspecified atom stereocenters. The summed E-state index contributed by atoms with van der Waals surface area (Å²) in [5.74, 6) is 0. The largest absolute Gasteiger partial charge is 0.379 e. The number of nitrogens with two attached hydrogens (primary N) is 1. The highest BCUT2D eigenvalue weighted by Gasteiger charge is 2.25. The van der Waals surface area contributed by atoms with Gasteiger partial charge in [0.2, 0.25) is 0 Å². The molecule has 0 bridgehead atoms. The van der Waals surface area contributed by atoms with Crippen molar-refractivity contribution in [3.05, 3.63) is 11.1 Å². The van der Waals surface area contributed by atoms with Gasteiger partial charge < -0.3 is 15.2 Å². The SMILES string of the molecule is Cl.Nc1ncc(CN2CCC(OC3CCOC3)CC2)s1. The monoisotopic (exact) mass is 319 g/mol. The van der Waals surface area contributed by atoms with Crippen LogP contribution < -0.4 is 5.73 Å². The number of thiazole rings is 1. The van der Waals surface area contributed by atoms with Gasteiger partial charge in [0.05, 0.1) is 18.8 Å². The first kappa shape index (κ1) is 16.0. The van der Waals surface area contributed by atoms with E-state index in [0.29, 0.717) is 17.3 Å². The topological polar surface area (TPSA) is 60.6 Å². The van der Waals surface area contributed by atoms with Crippen LogP contribution in [0, 0.1) is 0 Å². The average molecular weight is 320 g/mol. The number of hydrogen-bond donors (Lipinski definition) is 1. The molecule has 0 aromatic carbocycles. The maximum absolute atomic E-state index is 6.07. The number of nitrogens with zero attached hydrogens (tertiary/aromatic N) is 2. The lowest BCUT2D eigenvalue weighted by molar-refractivity contribution is -0.0447. The molecule has 2 aliphatic heterocycles. The van der Waals surface area contributed by atoms with Gasteiger partial charge in [0.1, 0.15) is 0 Å². The van der Waals surface area contributed by atoms with Crippen LogP contribution in [0.3, 0.4) is 0 Å². The average Bonchev–Trinajstić information content (AvgIpc) is 3.04. The van der Waals surface area contributed by atoms with Gasteiger partial charge in [-0.05, 0) is 19.3 Å². The maximum atomic E-state index is 6.07. The maximum Gasteiger partial charge on any atom is 0.180 e. The third kappa shape index (κ3) is 4.30. The molecule has 0 aliphatic carbocycles. The van der Waals surface area contributed by atoms with Gasteiger partial charge in [-0.2, -0.15) is 0 Å². The fourth-order valence-corrected chi connectivity index (χ4v) is 3.44. The molecule has 5 nitrogen and oxygen atoms in total. The van der Waals surface area contributed by atoms with E-state index >= 15 is 0 Å². The van der Waals surface area contributed by atoms with Crippen LogP contribution in [0.15, 0.2) is 6.20 Å². The minimum atomic E-state index is 0. The molecule has 1 atom stereocenters. The summed E-state index contributed by atoms with van der Waals surface area (Å²) in [5, 5.41) is 0.662. The van der Waals surface area contributed by atoms with E-state index in [-0.39, 0.29) is 12.4 Å². The Morgan fingerprint density at radius 3 is 2.75 bits per heavy atom. The smallest absolute Gasteiger partial charge is 0.180 e. The van der Waals surface area contributed by atoms with E-state index in [1.807, 2.05) is 6.20 Å². The quantitative estimate of drug-likeness (QED) is 0.918. The van der Waals surface area contributed by atoms with Crippen LogP contribution in [0.2, 0.25) is 0 Å². The van der Waals surface area contributed by atoms with Gasteiger partial charge in [-0.15, -0.1) is 23.7 Å². The van der Waals surface area contributed by atoms with Crippen molar-refractivity contribution in [3.63, 3.8) is 0 Å². The summed E-state index contributed by atoms with van der Waals surface area (Å²) in [6.07, 6.45) is 5.92. The highest BCUT2D eigenvalue weighted by Crippen LogP contribution is 2.22. The van der Waals surface area contributed by atoms with Gasteiger partial charge in [-0.25, -0.2) is 4.98 Å². The van der Waals surface area contributed by atoms with E-state index in [1.165, 1.54) is 4.88 Å². The van der Waals surface area contributed by atoms with Gasteiger partial charge in [0, 0.05) is 37.3 Å². The Balaban J connectivity index is 0.00000147. The lowest BCUT2D eigenvalue weighted by Crippen LogP contribution is -2.38. The predicted octanol–water partition coefficient (Wildman–Crippen LogP) is 1.92. The van der Waals surface area contributed by atoms with Gasteiger partial charge in [0.15, 0.2) is 5.13 Å². The Bertz CT molecular complexity index is 404. The van der Waals surface area contributed by atoms with Crippen molar-refractivity contribution in [1.82, 2.24) is 9.88 Å². The lowest BCUT2D eigenvalue weighted by Gasteiger charge is -2.32. The van der Waals surface area contributed by atoms with Crippen molar-refractivity contribution in [3.8, 4) is 0 Å². The van der Waals surface area contributed by atoms with Crippen LogP contribution in [-0.2, 0) is 16.0 Å². The van der Waals surface area contributed by atoms with Crippen molar-refractivity contribution >= 4 is 28.9 Å². The first-order chi connectivity index (χ1) is 9.29. The Morgan fingerprint density at radius 1 is 1.35 bits per heavy atom. The molecule has 0 radical (unpaired) electrons. The highest BCUT2D eigenvalue weighted by atomic mass is 35.5. The molecule has 0 spiro atoms. The zero-order valence-corrected chi connectivity index (χ0v) is 13.1. The number of likely N-dealkylation sites (tertiary alicyclic amines) is 1. The van der Waals surface area contributed by atoms with Crippen LogP contribution in [0.4, 0.5) is 5.13 Å². The molecule has 3 rings (SSSR count). The number of piperidine rings is 1. The van der Waals surface area contributed by atoms with E-state index in [9.17, 15) is 0 Å². The number of ether oxygens (including phenoxy) is 2. The summed E-state index contributed by atoms with van der Waals surface area (Å²) < 4.78 is 11.4. The van der Waals surface area contributed by atoms with E-state index in [0.717, 1.165) is 52.1 Å². The van der Waals surface area contributed by atoms with Crippen LogP contribution in [0.25, 0.3) is 0 Å². The molecule has 114 valence electrons. The van der Waals surface area contributed by atoms with Gasteiger partial charge >= 0.3 is 0 Å². The van der Waals surface area contributed by atoms with E-state index in [4.69, 9.17) is 15.2 Å². The van der Waals surface area contributed by atoms with Crippen molar-refractivity contribution < 1.29 is 9.47 Å². The standard InChI is InChI=1S/C13H21N3O2S.ClH/c14-13-15-7-12(19-13)8-16-4-1-10(2-5-16)18-11-3-6-17-9-11;/h7,10-11H,1-6,8-9H2,(H2,14,15);1H. The first-order valence-electron chi connectivity index (χ1n) is 6.95. The number of rotatable bonds is 4. The summed E-state index contributed by atoms with van der Waals surface area (Å²) in [4.78, 5) is 7.80. The fourth-order valence-electron chi connectivity index (χ4n) is 2.71. The minimum Gasteiger partial charge on any atom is -0.379 e. The predicted molar refractivity (Wildman–Crippen MR) is 82.4 cm³/mol. The van der Waals surface area contributed by atoms with Gasteiger partial charge in [0.25, 0.3) is 0 Å². The summed E-state index contributed by atoms with van der Waals surface area (Å²) in [7, 11) is 0. The highest BCUT2D eigenvalue weighted by molar-refractivity contribution is 7.15. The molecule has 1 aromatic heterocycles. The molecule has 1 aromatic rings. The summed E-state index contributed by atoms with van der Waals surface area (Å²) in [6.45, 7) is 4.79. The molecular weight excluding hydrogens is 298 g/mol. The molecule has 2 aliphatic rings. The Hall–Kier alpha value is -0.400. The number of anilines is 1. The molecule has 20 heavy (non-hydrogen) atoms. The Labute approximate surface area is 129 Å². The third-order valence-electron chi connectivity index (χ3n) is 3.76. The van der Waals surface area contributed by atoms with Crippen LogP contribution in [-0.4, -0.2) is 48.4 Å². The number of aromatic nitrogens is 1. The molecule has 2 fully saturated rings. The molecule has 3 heterocycles. The first-order valence-corrected chi connectivity index (χ1v) is 7.77. The Kier molecular flexibility index (Phi) is 6.04. The Morgan fingerprint density at radius 2 is 2.15 bits per heavy atom. The van der Waals surface area contributed by atoms with Crippen molar-refractivity contribution in [2.24, 2.45) is 0 Å². The lowest BCUT2D eigenvalue weighted by atomic mass is 10.1. The molecule has 0 saturated carbocycles. The second-order valence-electron chi connectivity index (χ2n) is 5.26. The zero-order chi connectivity index (χ0) is 13.1. The van der Waals surface area contributed by atoms with E-state index < -0.39 is 0 Å². The van der Waals surface area contributed by atoms with E-state index in [2.05, 4.69) is 9.88 Å². The molecule has 2 N–H and O–H groups in total. The summed E-state index contributed by atoms with van der Waals surface area (Å²) in [6, 6.07) is 0. The molecule has 0 amide bonds. The fraction of sp³-hybridized carbons (Fsp3) is 0.769. The molecular formula is C13H22ClN3O2S. The zero-order valence-electron chi connectivity index (χ0n) is 11.5. The van der Waals surface area contributed by atoms with Crippen LogP contribution >= 0.6 is 23.7 Å². The summed E-state index contributed by atoms with van der Waals surface area (Å²) in [5.41, 5.74) is 5.65. The van der Waals surface area contributed by atoms with Crippen molar-refractivity contribution in [1.29, 1.82) is 0 Å². The van der Waals surface area contributed by atoms with Crippen molar-refractivity contribution in [2.75, 3.05) is 32.0 Å². The number of halogens is 1. The van der Waals surface area contributed by atoms with Gasteiger partial charge in [-0.1, -0.05) is 0 Å². The minimum absolute atomic E-state index is 0. The van der Waals surface area contributed by atoms with Gasteiger partial charge in [-0.3, -0.25) is 4.90 Å². The molecule has 7 heteroatoms. The number of hydrogen-bond acceptors (Lipinski definition) is 6. The second kappa shape index (κ2) is 7.56. The summed E-state index contributed by atoms with van der Waals surface area (Å²) >= 11 is 1.59. The third-order valence-corrected chi connectivity index (χ3v) is 4.57. The van der Waals surface area contributed by atoms with Crippen molar-refractivity contribution in [2.45, 2.75) is 38.0 Å². The normalized spacial score (nSPS) is 24.7. The second-order valence-corrected chi connectivity index (χ2v) is 6.41.